The Labute approximate surface area is 155 Å². The minimum Gasteiger partial charge on any atom is -0.473 e. The number of carbonyl (C=O) groups excluding carboxylic acids is 1. The van der Waals surface area contributed by atoms with Gasteiger partial charge in [0.25, 0.3) is 0 Å². The maximum atomic E-state index is 12.6. The quantitative estimate of drug-likeness (QED) is 0.796. The van der Waals surface area contributed by atoms with E-state index in [0.717, 1.165) is 24.0 Å². The summed E-state index contributed by atoms with van der Waals surface area (Å²) in [6.07, 6.45) is 3.26. The molecule has 1 unspecified atom stereocenters. The molecule has 1 amide bonds. The molecule has 1 aliphatic heterocycles. The molecule has 1 aromatic heterocycles. The van der Waals surface area contributed by atoms with E-state index in [-0.39, 0.29) is 12.1 Å². The SMILES string of the molecule is CC(C)(C)OC(=O)N1CCCC1c1cccnc1OCc1ccccc1. The molecule has 0 aliphatic carbocycles. The molecule has 0 spiro atoms. The first-order valence-electron chi connectivity index (χ1n) is 9.05. The van der Waals surface area contributed by atoms with Crippen LogP contribution in [0.25, 0.3) is 0 Å². The second-order valence-corrected chi connectivity index (χ2v) is 7.50. The summed E-state index contributed by atoms with van der Waals surface area (Å²) in [6.45, 7) is 6.79. The maximum Gasteiger partial charge on any atom is 0.410 e. The van der Waals surface area contributed by atoms with Crippen LogP contribution in [0.15, 0.2) is 48.7 Å². The molecule has 2 aromatic rings. The Kier molecular flexibility index (Phi) is 5.45. The van der Waals surface area contributed by atoms with Gasteiger partial charge in [0.1, 0.15) is 12.2 Å². The van der Waals surface area contributed by atoms with E-state index in [9.17, 15) is 4.79 Å². The Balaban J connectivity index is 1.76. The van der Waals surface area contributed by atoms with Gasteiger partial charge in [-0.2, -0.15) is 0 Å². The Bertz CT molecular complexity index is 740. The zero-order chi connectivity index (χ0) is 18.6. The molecule has 1 saturated heterocycles. The Morgan fingerprint density at radius 1 is 1.19 bits per heavy atom. The summed E-state index contributed by atoms with van der Waals surface area (Å²) in [5.41, 5.74) is 1.51. The zero-order valence-corrected chi connectivity index (χ0v) is 15.6. The predicted octanol–water partition coefficient (Wildman–Crippen LogP) is 4.73. The summed E-state index contributed by atoms with van der Waals surface area (Å²) in [5.74, 6) is 0.580. The third kappa shape index (κ3) is 4.54. The largest absolute Gasteiger partial charge is 0.473 e. The molecular formula is C21H26N2O3. The van der Waals surface area contributed by atoms with Crippen LogP contribution in [0.3, 0.4) is 0 Å². The molecule has 0 saturated carbocycles. The number of benzene rings is 1. The number of rotatable bonds is 4. The van der Waals surface area contributed by atoms with Gasteiger partial charge in [0.2, 0.25) is 5.88 Å². The molecule has 2 heterocycles. The highest BCUT2D eigenvalue weighted by Crippen LogP contribution is 2.37. The normalized spacial score (nSPS) is 17.2. The summed E-state index contributed by atoms with van der Waals surface area (Å²) in [6, 6.07) is 13.8. The van der Waals surface area contributed by atoms with Gasteiger partial charge in [-0.05, 0) is 45.2 Å². The van der Waals surface area contributed by atoms with Gasteiger partial charge in [-0.25, -0.2) is 9.78 Å². The Morgan fingerprint density at radius 2 is 1.96 bits per heavy atom. The summed E-state index contributed by atoms with van der Waals surface area (Å²) in [5, 5.41) is 0. The second-order valence-electron chi connectivity index (χ2n) is 7.50. The van der Waals surface area contributed by atoms with Crippen LogP contribution in [0, 0.1) is 0 Å². The van der Waals surface area contributed by atoms with E-state index >= 15 is 0 Å². The number of hydrogen-bond donors (Lipinski definition) is 0. The molecule has 1 atom stereocenters. The average molecular weight is 354 g/mol. The fourth-order valence-corrected chi connectivity index (χ4v) is 3.13. The topological polar surface area (TPSA) is 51.7 Å². The van der Waals surface area contributed by atoms with Gasteiger partial charge in [-0.3, -0.25) is 0 Å². The van der Waals surface area contributed by atoms with Crippen LogP contribution in [0.4, 0.5) is 4.79 Å². The number of pyridine rings is 1. The molecule has 5 heteroatoms. The summed E-state index contributed by atoms with van der Waals surface area (Å²) in [4.78, 5) is 18.8. The fourth-order valence-electron chi connectivity index (χ4n) is 3.13. The van der Waals surface area contributed by atoms with Gasteiger partial charge in [-0.15, -0.1) is 0 Å². The fraction of sp³-hybridized carbons (Fsp3) is 0.429. The molecule has 0 N–H and O–H groups in total. The van der Waals surface area contributed by atoms with E-state index in [4.69, 9.17) is 9.47 Å². The van der Waals surface area contributed by atoms with E-state index in [0.29, 0.717) is 19.0 Å². The summed E-state index contributed by atoms with van der Waals surface area (Å²) >= 11 is 0. The van der Waals surface area contributed by atoms with Crippen molar-refractivity contribution in [2.75, 3.05) is 6.54 Å². The highest BCUT2D eigenvalue weighted by atomic mass is 16.6. The lowest BCUT2D eigenvalue weighted by molar-refractivity contribution is 0.0222. The standard InChI is InChI=1S/C21H26N2O3/c1-21(2,3)26-20(24)23-14-8-12-18(23)17-11-7-13-22-19(17)25-15-16-9-5-4-6-10-16/h4-7,9-11,13,18H,8,12,14-15H2,1-3H3. The number of hydrogen-bond acceptors (Lipinski definition) is 4. The minimum absolute atomic E-state index is 0.0654. The monoisotopic (exact) mass is 354 g/mol. The number of amides is 1. The lowest BCUT2D eigenvalue weighted by atomic mass is 10.1. The van der Waals surface area contributed by atoms with Crippen molar-refractivity contribution < 1.29 is 14.3 Å². The van der Waals surface area contributed by atoms with E-state index in [1.807, 2.05) is 63.2 Å². The van der Waals surface area contributed by atoms with Crippen LogP contribution in [0.2, 0.25) is 0 Å². The van der Waals surface area contributed by atoms with Crippen LogP contribution in [0.5, 0.6) is 5.88 Å². The molecule has 5 nitrogen and oxygen atoms in total. The van der Waals surface area contributed by atoms with Gasteiger partial charge in [0.05, 0.1) is 6.04 Å². The lowest BCUT2D eigenvalue weighted by Crippen LogP contribution is -2.36. The molecule has 3 rings (SSSR count). The van der Waals surface area contributed by atoms with Crippen LogP contribution < -0.4 is 4.74 Å². The zero-order valence-electron chi connectivity index (χ0n) is 15.6. The number of likely N-dealkylation sites (tertiary alicyclic amines) is 1. The van der Waals surface area contributed by atoms with E-state index in [1.54, 1.807) is 11.1 Å². The molecular weight excluding hydrogens is 328 g/mol. The maximum absolute atomic E-state index is 12.6. The van der Waals surface area contributed by atoms with Crippen molar-refractivity contribution in [2.24, 2.45) is 0 Å². The third-order valence-electron chi connectivity index (χ3n) is 4.26. The third-order valence-corrected chi connectivity index (χ3v) is 4.26. The van der Waals surface area contributed by atoms with Crippen molar-refractivity contribution in [1.82, 2.24) is 9.88 Å². The molecule has 1 aromatic carbocycles. The van der Waals surface area contributed by atoms with Gasteiger partial charge in [0, 0.05) is 18.3 Å². The molecule has 138 valence electrons. The molecule has 0 bridgehead atoms. The minimum atomic E-state index is -0.508. The van der Waals surface area contributed by atoms with Gasteiger partial charge in [0.15, 0.2) is 0 Å². The van der Waals surface area contributed by atoms with E-state index in [1.165, 1.54) is 0 Å². The predicted molar refractivity (Wildman–Crippen MR) is 99.9 cm³/mol. The van der Waals surface area contributed by atoms with E-state index < -0.39 is 5.60 Å². The second kappa shape index (κ2) is 7.77. The van der Waals surface area contributed by atoms with Crippen molar-refractivity contribution in [3.05, 3.63) is 59.8 Å². The van der Waals surface area contributed by atoms with Gasteiger partial charge in [-0.1, -0.05) is 36.4 Å². The first-order chi connectivity index (χ1) is 12.4. The average Bonchev–Trinajstić information content (AvgIpc) is 3.09. The van der Waals surface area contributed by atoms with Crippen LogP contribution in [-0.4, -0.2) is 28.1 Å². The molecule has 0 radical (unpaired) electrons. The molecule has 1 aliphatic rings. The number of aromatic nitrogens is 1. The Morgan fingerprint density at radius 3 is 2.69 bits per heavy atom. The van der Waals surface area contributed by atoms with E-state index in [2.05, 4.69) is 4.98 Å². The number of nitrogens with zero attached hydrogens (tertiary/aromatic N) is 2. The number of carbonyl (C=O) groups is 1. The summed E-state index contributed by atoms with van der Waals surface area (Å²) in [7, 11) is 0. The smallest absolute Gasteiger partial charge is 0.410 e. The van der Waals surface area contributed by atoms with Gasteiger partial charge >= 0.3 is 6.09 Å². The Hall–Kier alpha value is -2.56. The summed E-state index contributed by atoms with van der Waals surface area (Å²) < 4.78 is 11.5. The first kappa shape index (κ1) is 18.2. The highest BCUT2D eigenvalue weighted by molar-refractivity contribution is 5.69. The van der Waals surface area contributed by atoms with Crippen LogP contribution in [0.1, 0.15) is 50.8 Å². The van der Waals surface area contributed by atoms with Crippen LogP contribution >= 0.6 is 0 Å². The first-order valence-corrected chi connectivity index (χ1v) is 9.05. The van der Waals surface area contributed by atoms with Crippen molar-refractivity contribution in [1.29, 1.82) is 0 Å². The van der Waals surface area contributed by atoms with Gasteiger partial charge < -0.3 is 14.4 Å². The number of ether oxygens (including phenoxy) is 2. The molecule has 26 heavy (non-hydrogen) atoms. The molecule has 1 fully saturated rings. The van der Waals surface area contributed by atoms with Crippen molar-refractivity contribution in [2.45, 2.75) is 51.9 Å². The highest BCUT2D eigenvalue weighted by Gasteiger charge is 2.35. The van der Waals surface area contributed by atoms with Crippen LogP contribution in [-0.2, 0) is 11.3 Å². The van der Waals surface area contributed by atoms with Crippen molar-refractivity contribution in [3.8, 4) is 5.88 Å². The lowest BCUT2D eigenvalue weighted by Gasteiger charge is -2.29. The van der Waals surface area contributed by atoms with Crippen molar-refractivity contribution >= 4 is 6.09 Å². The van der Waals surface area contributed by atoms with Crippen molar-refractivity contribution in [3.63, 3.8) is 0 Å².